The topological polar surface area (TPSA) is 91.4 Å². The van der Waals surface area contributed by atoms with Crippen LogP contribution in [-0.2, 0) is 16.6 Å². The third-order valence-corrected chi connectivity index (χ3v) is 7.30. The highest BCUT2D eigenvalue weighted by molar-refractivity contribution is 7.91. The number of fused-ring (bicyclic) bond motifs is 1. The maximum absolute atomic E-state index is 12.7. The van der Waals surface area contributed by atoms with E-state index in [1.807, 2.05) is 18.2 Å². The Morgan fingerprint density at radius 3 is 2.66 bits per heavy atom. The highest BCUT2D eigenvalue weighted by atomic mass is 35.5. The van der Waals surface area contributed by atoms with E-state index >= 15 is 0 Å². The van der Waals surface area contributed by atoms with Crippen molar-refractivity contribution in [2.24, 2.45) is 0 Å². The molecule has 1 aromatic heterocycles. The number of aromatic nitrogens is 1. The van der Waals surface area contributed by atoms with Gasteiger partial charge in [0.1, 0.15) is 0 Å². The lowest BCUT2D eigenvalue weighted by molar-refractivity contribution is 0.102. The molecule has 2 heterocycles. The Morgan fingerprint density at radius 2 is 1.91 bits per heavy atom. The first kappa shape index (κ1) is 20.7. The van der Waals surface area contributed by atoms with Crippen LogP contribution in [0.3, 0.4) is 0 Å². The summed E-state index contributed by atoms with van der Waals surface area (Å²) in [6.07, 6.45) is 4.91. The van der Waals surface area contributed by atoms with Gasteiger partial charge >= 0.3 is 10.2 Å². The Bertz CT molecular complexity index is 1350. The number of hydrogen-bond donors (Lipinski definition) is 2. The number of halogens is 1. The lowest BCUT2D eigenvalue weighted by Crippen LogP contribution is -2.29. The number of benzene rings is 2. The molecule has 0 bridgehead atoms. The Balaban J connectivity index is 1.35. The number of pyridine rings is 1. The molecule has 5 rings (SSSR count). The Morgan fingerprint density at radius 1 is 1.09 bits per heavy atom. The van der Waals surface area contributed by atoms with Crippen molar-refractivity contribution in [2.45, 2.75) is 6.42 Å². The van der Waals surface area contributed by atoms with Crippen LogP contribution in [-0.4, -0.2) is 32.4 Å². The minimum absolute atomic E-state index is 0.307. The van der Waals surface area contributed by atoms with Crippen LogP contribution in [0.1, 0.15) is 21.6 Å². The van der Waals surface area contributed by atoms with Gasteiger partial charge in [0.15, 0.2) is 0 Å². The van der Waals surface area contributed by atoms with Crippen LogP contribution >= 0.6 is 11.6 Å². The van der Waals surface area contributed by atoms with E-state index < -0.39 is 10.2 Å². The first-order chi connectivity index (χ1) is 15.4. The number of carbonyl (C=O) groups is 1. The van der Waals surface area contributed by atoms with Gasteiger partial charge in [-0.1, -0.05) is 29.8 Å². The fraction of sp³-hybridized carbons (Fsp3) is 0.130. The fourth-order valence-corrected chi connectivity index (χ4v) is 5.25. The van der Waals surface area contributed by atoms with E-state index in [0.717, 1.165) is 28.9 Å². The van der Waals surface area contributed by atoms with Gasteiger partial charge in [0.25, 0.3) is 5.91 Å². The molecule has 32 heavy (non-hydrogen) atoms. The molecule has 0 unspecified atom stereocenters. The smallest absolute Gasteiger partial charge is 0.301 e. The van der Waals surface area contributed by atoms with Crippen molar-refractivity contribution >= 4 is 45.2 Å². The van der Waals surface area contributed by atoms with Gasteiger partial charge in [0, 0.05) is 36.3 Å². The van der Waals surface area contributed by atoms with Gasteiger partial charge in [-0.3, -0.25) is 14.1 Å². The molecule has 1 fully saturated rings. The zero-order valence-corrected chi connectivity index (χ0v) is 18.4. The molecule has 0 radical (unpaired) electrons. The van der Waals surface area contributed by atoms with Gasteiger partial charge in [-0.15, -0.1) is 0 Å². The molecule has 0 atom stereocenters. The summed E-state index contributed by atoms with van der Waals surface area (Å²) in [7, 11) is -3.50. The van der Waals surface area contributed by atoms with E-state index in [9.17, 15) is 13.2 Å². The lowest BCUT2D eigenvalue weighted by atomic mass is 10.1. The zero-order chi connectivity index (χ0) is 22.3. The lowest BCUT2D eigenvalue weighted by Gasteiger charge is -2.16. The molecule has 0 spiro atoms. The van der Waals surface area contributed by atoms with Crippen LogP contribution in [0.2, 0.25) is 5.02 Å². The van der Waals surface area contributed by atoms with Crippen molar-refractivity contribution in [3.05, 3.63) is 82.5 Å². The summed E-state index contributed by atoms with van der Waals surface area (Å²) in [6, 6.07) is 15.6. The van der Waals surface area contributed by atoms with Crippen LogP contribution < -0.4 is 14.3 Å². The molecule has 9 heteroatoms. The fourth-order valence-electron chi connectivity index (χ4n) is 3.80. The van der Waals surface area contributed by atoms with Gasteiger partial charge in [-0.25, -0.2) is 0 Å². The number of hydrogen-bond acceptors (Lipinski definition) is 4. The van der Waals surface area contributed by atoms with Crippen LogP contribution in [0.5, 0.6) is 0 Å². The molecule has 1 amide bonds. The van der Waals surface area contributed by atoms with Gasteiger partial charge in [0.2, 0.25) is 0 Å². The summed E-state index contributed by atoms with van der Waals surface area (Å²) >= 11 is 6.41. The monoisotopic (exact) mass is 466 g/mol. The summed E-state index contributed by atoms with van der Waals surface area (Å²) in [5.41, 5.74) is 5.11. The van der Waals surface area contributed by atoms with Crippen molar-refractivity contribution in [1.82, 2.24) is 9.71 Å². The molecule has 0 saturated carbocycles. The summed E-state index contributed by atoms with van der Waals surface area (Å²) < 4.78 is 27.7. The molecular formula is C23H19ClN4O3S. The molecule has 7 nitrogen and oxygen atoms in total. The molecule has 1 saturated heterocycles. The highest BCUT2D eigenvalue weighted by Gasteiger charge is 2.27. The average Bonchev–Trinajstić information content (AvgIpc) is 3.40. The second-order valence-corrected chi connectivity index (χ2v) is 9.59. The van der Waals surface area contributed by atoms with Gasteiger partial charge in [0.05, 0.1) is 22.1 Å². The highest BCUT2D eigenvalue weighted by Crippen LogP contribution is 2.31. The molecule has 1 aliphatic carbocycles. The molecule has 2 aromatic carbocycles. The first-order valence-electron chi connectivity index (χ1n) is 10.1. The summed E-state index contributed by atoms with van der Waals surface area (Å²) in [5.74, 6) is -0.307. The third-order valence-electron chi connectivity index (χ3n) is 5.43. The third kappa shape index (κ3) is 3.88. The first-order valence-corrected chi connectivity index (χ1v) is 11.9. The van der Waals surface area contributed by atoms with Crippen LogP contribution in [0, 0.1) is 0 Å². The predicted molar refractivity (Wildman–Crippen MR) is 126 cm³/mol. The maximum Gasteiger partial charge on any atom is 0.301 e. The zero-order valence-electron chi connectivity index (χ0n) is 16.9. The maximum atomic E-state index is 12.7. The average molecular weight is 467 g/mol. The van der Waals surface area contributed by atoms with Crippen LogP contribution in [0.25, 0.3) is 17.3 Å². The normalized spacial score (nSPS) is 16.2. The second-order valence-electron chi connectivity index (χ2n) is 7.51. The summed E-state index contributed by atoms with van der Waals surface area (Å²) in [6.45, 7) is 0.716. The molecule has 2 aliphatic rings. The van der Waals surface area contributed by atoms with Crippen molar-refractivity contribution in [3.8, 4) is 11.3 Å². The van der Waals surface area contributed by atoms with Crippen molar-refractivity contribution < 1.29 is 13.2 Å². The minimum Gasteiger partial charge on any atom is -0.322 e. The van der Waals surface area contributed by atoms with Gasteiger partial charge in [-0.2, -0.15) is 13.1 Å². The standard InChI is InChI=1S/C23H19ClN4O3S/c24-20-10-7-17(14-19(20)22-11-6-15-2-1-3-21(15)27-22)26-23(29)16-4-8-18(9-5-16)28-13-12-25-32(28,30)31/h1-2,4-11,14,25H,3,12-13H2,(H,26,29). The molecule has 1 aliphatic heterocycles. The number of allylic oxidation sites excluding steroid dienone is 1. The quantitative estimate of drug-likeness (QED) is 0.610. The van der Waals surface area contributed by atoms with E-state index in [4.69, 9.17) is 16.6 Å². The van der Waals surface area contributed by atoms with E-state index in [1.54, 1.807) is 42.5 Å². The number of anilines is 2. The van der Waals surface area contributed by atoms with Gasteiger partial charge < -0.3 is 5.32 Å². The number of nitrogens with one attached hydrogen (secondary N) is 2. The largest absolute Gasteiger partial charge is 0.322 e. The minimum atomic E-state index is -3.50. The van der Waals surface area contributed by atoms with E-state index in [-0.39, 0.29) is 5.91 Å². The number of rotatable bonds is 4. The van der Waals surface area contributed by atoms with Crippen LogP contribution in [0.4, 0.5) is 11.4 Å². The molecule has 3 aromatic rings. The SMILES string of the molecule is O=C(Nc1ccc(Cl)c(-c2ccc3c(n2)CC=C3)c1)c1ccc(N2CCNS2(=O)=O)cc1. The summed E-state index contributed by atoms with van der Waals surface area (Å²) in [5, 5.41) is 3.42. The van der Waals surface area contributed by atoms with Crippen LogP contribution in [0.15, 0.2) is 60.7 Å². The molecular weight excluding hydrogens is 448 g/mol. The summed E-state index contributed by atoms with van der Waals surface area (Å²) in [4.78, 5) is 17.5. The Labute approximate surface area is 190 Å². The van der Waals surface area contributed by atoms with E-state index in [2.05, 4.69) is 16.1 Å². The molecule has 162 valence electrons. The molecule has 2 N–H and O–H groups in total. The predicted octanol–water partition coefficient (Wildman–Crippen LogP) is 3.88. The Hall–Kier alpha value is -3.20. The van der Waals surface area contributed by atoms with E-state index in [1.165, 1.54) is 4.31 Å². The van der Waals surface area contributed by atoms with E-state index in [0.29, 0.717) is 35.1 Å². The van der Waals surface area contributed by atoms with Crippen molar-refractivity contribution in [3.63, 3.8) is 0 Å². The number of nitrogens with zero attached hydrogens (tertiary/aromatic N) is 2. The number of carbonyl (C=O) groups excluding carboxylic acids is 1. The van der Waals surface area contributed by atoms with Crippen molar-refractivity contribution in [1.29, 1.82) is 0 Å². The van der Waals surface area contributed by atoms with Gasteiger partial charge in [-0.05, 0) is 54.1 Å². The number of amides is 1. The second kappa shape index (κ2) is 8.05. The Kier molecular flexibility index (Phi) is 5.21. The van der Waals surface area contributed by atoms with Crippen molar-refractivity contribution in [2.75, 3.05) is 22.7 Å².